The minimum Gasteiger partial charge on any atom is -0.457 e. The molecular weight excluding hydrogens is 368 g/mol. The van der Waals surface area contributed by atoms with Crippen LogP contribution in [0.5, 0.6) is 11.5 Å². The van der Waals surface area contributed by atoms with Gasteiger partial charge in [0.05, 0.1) is 6.61 Å². The maximum absolute atomic E-state index is 12.5. The number of carbonyl (C=O) groups is 2. The molecule has 29 heavy (non-hydrogen) atoms. The van der Waals surface area contributed by atoms with Crippen molar-refractivity contribution in [3.05, 3.63) is 54.1 Å². The van der Waals surface area contributed by atoms with Crippen molar-refractivity contribution < 1.29 is 19.1 Å². The van der Waals surface area contributed by atoms with Crippen molar-refractivity contribution >= 4 is 17.5 Å². The summed E-state index contributed by atoms with van der Waals surface area (Å²) < 4.78 is 10.9. The summed E-state index contributed by atoms with van der Waals surface area (Å²) in [6, 6.07) is 15.0. The molecule has 2 atom stereocenters. The van der Waals surface area contributed by atoms with E-state index in [0.717, 1.165) is 12.2 Å². The van der Waals surface area contributed by atoms with E-state index in [9.17, 15) is 9.59 Å². The molecule has 154 valence electrons. The van der Waals surface area contributed by atoms with E-state index in [1.54, 1.807) is 12.0 Å². The molecule has 1 aliphatic rings. The van der Waals surface area contributed by atoms with Crippen LogP contribution in [-0.2, 0) is 16.0 Å². The molecule has 2 amide bonds. The van der Waals surface area contributed by atoms with Crippen LogP contribution in [0.1, 0.15) is 19.4 Å². The zero-order valence-corrected chi connectivity index (χ0v) is 17.2. The Bertz CT molecular complexity index is 819. The molecule has 0 aromatic heterocycles. The second-order valence-electron chi connectivity index (χ2n) is 7.55. The second kappa shape index (κ2) is 9.56. The van der Waals surface area contributed by atoms with Crippen molar-refractivity contribution in [3.63, 3.8) is 0 Å². The highest BCUT2D eigenvalue weighted by Gasteiger charge is 2.32. The van der Waals surface area contributed by atoms with E-state index in [4.69, 9.17) is 9.47 Å². The summed E-state index contributed by atoms with van der Waals surface area (Å²) >= 11 is 0. The zero-order valence-electron chi connectivity index (χ0n) is 17.2. The number of amides is 2. The molecule has 0 saturated carbocycles. The van der Waals surface area contributed by atoms with Crippen LogP contribution >= 0.6 is 0 Å². The highest BCUT2D eigenvalue weighted by atomic mass is 16.5. The van der Waals surface area contributed by atoms with Crippen molar-refractivity contribution in [2.45, 2.75) is 20.3 Å². The monoisotopic (exact) mass is 396 g/mol. The molecule has 0 bridgehead atoms. The number of benzene rings is 2. The summed E-state index contributed by atoms with van der Waals surface area (Å²) in [6.45, 7) is 5.34. The van der Waals surface area contributed by atoms with Crippen LogP contribution in [0.25, 0.3) is 0 Å². The molecule has 6 heteroatoms. The Morgan fingerprint density at radius 2 is 1.55 bits per heavy atom. The lowest BCUT2D eigenvalue weighted by atomic mass is 9.90. The van der Waals surface area contributed by atoms with Crippen LogP contribution < -0.4 is 10.1 Å². The summed E-state index contributed by atoms with van der Waals surface area (Å²) in [4.78, 5) is 26.1. The molecule has 0 aliphatic carbocycles. The van der Waals surface area contributed by atoms with Crippen LogP contribution in [0, 0.1) is 11.8 Å². The lowest BCUT2D eigenvalue weighted by molar-refractivity contribution is -0.129. The molecule has 1 fully saturated rings. The molecule has 1 aliphatic heterocycles. The van der Waals surface area contributed by atoms with Crippen LogP contribution in [-0.4, -0.2) is 43.5 Å². The molecule has 1 heterocycles. The predicted molar refractivity (Wildman–Crippen MR) is 112 cm³/mol. The van der Waals surface area contributed by atoms with Gasteiger partial charge in [-0.2, -0.15) is 0 Å². The van der Waals surface area contributed by atoms with Gasteiger partial charge in [-0.05, 0) is 48.4 Å². The summed E-state index contributed by atoms with van der Waals surface area (Å²) in [7, 11) is 1.69. The average Bonchev–Trinajstić information content (AvgIpc) is 2.72. The van der Waals surface area contributed by atoms with E-state index in [1.165, 1.54) is 5.56 Å². The topological polar surface area (TPSA) is 67.9 Å². The third-order valence-corrected chi connectivity index (χ3v) is 5.11. The number of ketones is 1. The van der Waals surface area contributed by atoms with Gasteiger partial charge >= 0.3 is 6.03 Å². The number of anilines is 1. The number of hydrogen-bond acceptors (Lipinski definition) is 4. The number of rotatable bonds is 6. The molecule has 0 unspecified atom stereocenters. The number of Topliss-reactive ketones (excluding diaryl/α,β-unsaturated/α-hetero) is 1. The van der Waals surface area contributed by atoms with Gasteiger partial charge < -0.3 is 19.7 Å². The van der Waals surface area contributed by atoms with Gasteiger partial charge in [-0.15, -0.1) is 0 Å². The minimum atomic E-state index is -0.184. The van der Waals surface area contributed by atoms with Crippen LogP contribution in [0.3, 0.4) is 0 Å². The molecule has 3 rings (SSSR count). The predicted octanol–water partition coefficient (Wildman–Crippen LogP) is 4.36. The first-order chi connectivity index (χ1) is 14.0. The quantitative estimate of drug-likeness (QED) is 0.788. The Labute approximate surface area is 171 Å². The smallest absolute Gasteiger partial charge is 0.321 e. The number of nitrogens with zero attached hydrogens (tertiary/aromatic N) is 1. The van der Waals surface area contributed by atoms with Gasteiger partial charge in [-0.3, -0.25) is 4.79 Å². The van der Waals surface area contributed by atoms with E-state index >= 15 is 0 Å². The first-order valence-electron chi connectivity index (χ1n) is 9.91. The van der Waals surface area contributed by atoms with E-state index in [0.29, 0.717) is 31.1 Å². The first-order valence-corrected chi connectivity index (χ1v) is 9.91. The number of ether oxygens (including phenoxy) is 2. The number of piperidine rings is 1. The summed E-state index contributed by atoms with van der Waals surface area (Å²) in [5.41, 5.74) is 1.88. The summed E-state index contributed by atoms with van der Waals surface area (Å²) in [5.74, 6) is 1.42. The van der Waals surface area contributed by atoms with E-state index in [-0.39, 0.29) is 23.7 Å². The molecule has 1 saturated heterocycles. The van der Waals surface area contributed by atoms with Crippen LogP contribution in [0.2, 0.25) is 0 Å². The normalized spacial score (nSPS) is 19.1. The van der Waals surface area contributed by atoms with E-state index < -0.39 is 0 Å². The highest BCUT2D eigenvalue weighted by Crippen LogP contribution is 2.24. The molecule has 0 spiro atoms. The van der Waals surface area contributed by atoms with Crippen LogP contribution in [0.4, 0.5) is 10.5 Å². The maximum atomic E-state index is 12.5. The van der Waals surface area contributed by atoms with Crippen molar-refractivity contribution in [2.24, 2.45) is 11.8 Å². The van der Waals surface area contributed by atoms with Gasteiger partial charge in [0.2, 0.25) is 0 Å². The van der Waals surface area contributed by atoms with Crippen molar-refractivity contribution in [2.75, 3.05) is 32.1 Å². The number of urea groups is 1. The third-order valence-electron chi connectivity index (χ3n) is 5.11. The van der Waals surface area contributed by atoms with E-state index in [1.807, 2.05) is 62.4 Å². The van der Waals surface area contributed by atoms with Gasteiger partial charge in [0, 0.05) is 37.7 Å². The Hall–Kier alpha value is -2.86. The third kappa shape index (κ3) is 5.57. The average molecular weight is 396 g/mol. The number of hydrogen-bond donors (Lipinski definition) is 1. The molecule has 1 N–H and O–H groups in total. The molecule has 0 radical (unpaired) electrons. The van der Waals surface area contributed by atoms with E-state index in [2.05, 4.69) is 5.32 Å². The van der Waals surface area contributed by atoms with Gasteiger partial charge in [0.15, 0.2) is 0 Å². The number of carbonyl (C=O) groups excluding carboxylic acids is 2. The number of likely N-dealkylation sites (tertiary alicyclic amines) is 1. The number of nitrogens with one attached hydrogen (secondary N) is 1. The Morgan fingerprint density at radius 1 is 1.00 bits per heavy atom. The standard InChI is InChI=1S/C23H28N2O4/c1-16-14-25(15-17(2)22(16)26)23(27)24-19-6-10-21(11-7-19)29-20-8-4-18(5-9-20)12-13-28-3/h4-11,16-17H,12-15H2,1-3H3,(H,24,27)/t16-,17-/m1/s1. The minimum absolute atomic E-state index is 0.124. The maximum Gasteiger partial charge on any atom is 0.321 e. The summed E-state index contributed by atoms with van der Waals surface area (Å²) in [5, 5.41) is 2.89. The molecule has 6 nitrogen and oxygen atoms in total. The zero-order chi connectivity index (χ0) is 20.8. The van der Waals surface area contributed by atoms with Crippen molar-refractivity contribution in [3.8, 4) is 11.5 Å². The fourth-order valence-corrected chi connectivity index (χ4v) is 3.46. The molecule has 2 aromatic carbocycles. The van der Waals surface area contributed by atoms with Crippen molar-refractivity contribution in [1.82, 2.24) is 4.90 Å². The fraction of sp³-hybridized carbons (Fsp3) is 0.391. The largest absolute Gasteiger partial charge is 0.457 e. The second-order valence-corrected chi connectivity index (χ2v) is 7.55. The lowest BCUT2D eigenvalue weighted by Crippen LogP contribution is -2.49. The lowest BCUT2D eigenvalue weighted by Gasteiger charge is -2.33. The Morgan fingerprint density at radius 3 is 2.10 bits per heavy atom. The highest BCUT2D eigenvalue weighted by molar-refractivity contribution is 5.92. The molecular formula is C23H28N2O4. The Kier molecular flexibility index (Phi) is 6.88. The van der Waals surface area contributed by atoms with Crippen molar-refractivity contribution in [1.29, 1.82) is 0 Å². The first kappa shape index (κ1) is 20.9. The Balaban J connectivity index is 1.54. The number of methoxy groups -OCH3 is 1. The summed E-state index contributed by atoms with van der Waals surface area (Å²) in [6.07, 6.45) is 0.869. The fourth-order valence-electron chi connectivity index (χ4n) is 3.46. The SMILES string of the molecule is COCCc1ccc(Oc2ccc(NC(=O)N3C[C@@H](C)C(=O)[C@H](C)C3)cc2)cc1. The van der Waals surface area contributed by atoms with Gasteiger partial charge in [-0.25, -0.2) is 4.79 Å². The van der Waals surface area contributed by atoms with Gasteiger partial charge in [-0.1, -0.05) is 26.0 Å². The van der Waals surface area contributed by atoms with Crippen LogP contribution in [0.15, 0.2) is 48.5 Å². The molecule has 2 aromatic rings. The van der Waals surface area contributed by atoms with Gasteiger partial charge in [0.1, 0.15) is 17.3 Å². The van der Waals surface area contributed by atoms with Gasteiger partial charge in [0.25, 0.3) is 0 Å².